The van der Waals surface area contributed by atoms with Crippen molar-refractivity contribution in [2.45, 2.75) is 45.2 Å². The lowest BCUT2D eigenvalue weighted by Crippen LogP contribution is -2.43. The van der Waals surface area contributed by atoms with E-state index in [4.69, 9.17) is 0 Å². The summed E-state index contributed by atoms with van der Waals surface area (Å²) in [7, 11) is 0. The normalized spacial score (nSPS) is 17.3. The summed E-state index contributed by atoms with van der Waals surface area (Å²) in [6.45, 7) is 4.25. The Morgan fingerprint density at radius 1 is 1.23 bits per heavy atom. The Hall–Kier alpha value is -2.57. The van der Waals surface area contributed by atoms with Crippen molar-refractivity contribution in [2.24, 2.45) is 4.99 Å². The van der Waals surface area contributed by atoms with Crippen LogP contribution in [0.5, 0.6) is 0 Å². The van der Waals surface area contributed by atoms with Gasteiger partial charge in [0.25, 0.3) is 0 Å². The molecule has 1 aromatic rings. The van der Waals surface area contributed by atoms with Crippen LogP contribution < -0.4 is 20.9 Å². The zero-order valence-corrected chi connectivity index (χ0v) is 15.3. The van der Waals surface area contributed by atoms with Gasteiger partial charge in [0.05, 0.1) is 13.1 Å². The number of benzene rings is 1. The average Bonchev–Trinajstić information content (AvgIpc) is 3.35. The Balaban J connectivity index is 1.52. The van der Waals surface area contributed by atoms with E-state index in [1.165, 1.54) is 0 Å². The zero-order valence-electron chi connectivity index (χ0n) is 15.3. The lowest BCUT2D eigenvalue weighted by Gasteiger charge is -2.16. The molecule has 0 bridgehead atoms. The van der Waals surface area contributed by atoms with Crippen molar-refractivity contribution < 1.29 is 9.59 Å². The Labute approximate surface area is 154 Å². The topological polar surface area (TPSA) is 85.8 Å². The highest BCUT2D eigenvalue weighted by atomic mass is 16.2. The van der Waals surface area contributed by atoms with Gasteiger partial charge in [-0.1, -0.05) is 12.1 Å². The molecule has 3 N–H and O–H groups in total. The van der Waals surface area contributed by atoms with Crippen LogP contribution in [-0.2, 0) is 16.1 Å². The first-order chi connectivity index (χ1) is 12.7. The molecule has 0 atom stereocenters. The second-order valence-electron chi connectivity index (χ2n) is 6.71. The molecule has 2 amide bonds. The number of aliphatic imine (C=N–C) groups is 1. The summed E-state index contributed by atoms with van der Waals surface area (Å²) >= 11 is 0. The summed E-state index contributed by atoms with van der Waals surface area (Å²) in [4.78, 5) is 29.9. The fourth-order valence-corrected chi connectivity index (χ4v) is 2.88. The molecular formula is C19H27N5O2. The molecule has 7 heteroatoms. The van der Waals surface area contributed by atoms with Gasteiger partial charge in [0.1, 0.15) is 0 Å². The van der Waals surface area contributed by atoms with Crippen LogP contribution in [-0.4, -0.2) is 43.5 Å². The molecule has 2 fully saturated rings. The molecule has 1 heterocycles. The number of anilines is 1. The summed E-state index contributed by atoms with van der Waals surface area (Å²) in [6, 6.07) is 8.29. The van der Waals surface area contributed by atoms with E-state index in [9.17, 15) is 9.59 Å². The number of hydrogen-bond acceptors (Lipinski definition) is 3. The SMILES string of the molecule is CCNC(=NCc1ccc(N2CCCC2=O)cc1)NCC(=O)NC1CC1. The predicted octanol–water partition coefficient (Wildman–Crippen LogP) is 1.15. The van der Waals surface area contributed by atoms with E-state index in [0.717, 1.165) is 43.6 Å². The third-order valence-corrected chi connectivity index (χ3v) is 4.44. The second kappa shape index (κ2) is 8.69. The molecular weight excluding hydrogens is 330 g/mol. The monoisotopic (exact) mass is 357 g/mol. The summed E-state index contributed by atoms with van der Waals surface area (Å²) in [5.74, 6) is 0.814. The van der Waals surface area contributed by atoms with E-state index in [-0.39, 0.29) is 18.4 Å². The number of rotatable bonds is 7. The van der Waals surface area contributed by atoms with E-state index in [1.807, 2.05) is 36.1 Å². The highest BCUT2D eigenvalue weighted by Crippen LogP contribution is 2.21. The Morgan fingerprint density at radius 3 is 2.62 bits per heavy atom. The molecule has 3 rings (SSSR count). The number of nitrogens with one attached hydrogen (secondary N) is 3. The molecule has 140 valence electrons. The summed E-state index contributed by atoms with van der Waals surface area (Å²) in [5.41, 5.74) is 2.00. The highest BCUT2D eigenvalue weighted by molar-refractivity contribution is 5.95. The minimum absolute atomic E-state index is 0.00210. The van der Waals surface area contributed by atoms with Crippen LogP contribution in [0.1, 0.15) is 38.2 Å². The van der Waals surface area contributed by atoms with Gasteiger partial charge in [0, 0.05) is 31.2 Å². The van der Waals surface area contributed by atoms with Gasteiger partial charge in [-0.15, -0.1) is 0 Å². The van der Waals surface area contributed by atoms with Gasteiger partial charge in [0.15, 0.2) is 5.96 Å². The van der Waals surface area contributed by atoms with Crippen molar-refractivity contribution in [2.75, 3.05) is 24.5 Å². The Morgan fingerprint density at radius 2 is 2.00 bits per heavy atom. The molecule has 0 spiro atoms. The highest BCUT2D eigenvalue weighted by Gasteiger charge is 2.23. The molecule has 7 nitrogen and oxygen atoms in total. The number of guanidine groups is 1. The van der Waals surface area contributed by atoms with Gasteiger partial charge in [0.2, 0.25) is 11.8 Å². The van der Waals surface area contributed by atoms with Gasteiger partial charge in [-0.3, -0.25) is 9.59 Å². The first-order valence-electron chi connectivity index (χ1n) is 9.36. The maximum atomic E-state index is 11.8. The van der Waals surface area contributed by atoms with Gasteiger partial charge in [-0.2, -0.15) is 0 Å². The number of nitrogens with zero attached hydrogens (tertiary/aromatic N) is 2. The maximum Gasteiger partial charge on any atom is 0.239 e. The summed E-state index contributed by atoms with van der Waals surface area (Å²) in [5, 5.41) is 9.15. The van der Waals surface area contributed by atoms with Crippen LogP contribution >= 0.6 is 0 Å². The van der Waals surface area contributed by atoms with Gasteiger partial charge < -0.3 is 20.9 Å². The quantitative estimate of drug-likeness (QED) is 0.505. The average molecular weight is 357 g/mol. The van der Waals surface area contributed by atoms with E-state index in [2.05, 4.69) is 20.9 Å². The molecule has 26 heavy (non-hydrogen) atoms. The molecule has 0 aromatic heterocycles. The van der Waals surface area contributed by atoms with Crippen LogP contribution in [0.15, 0.2) is 29.3 Å². The first kappa shape index (κ1) is 18.2. The number of amides is 2. The van der Waals surface area contributed by atoms with Crippen LogP contribution in [0, 0.1) is 0 Å². The number of hydrogen-bond donors (Lipinski definition) is 3. The Kier molecular flexibility index (Phi) is 6.09. The van der Waals surface area contributed by atoms with Crippen molar-refractivity contribution in [1.82, 2.24) is 16.0 Å². The standard InChI is InChI=1S/C19H27N5O2/c1-2-20-19(22-13-17(25)23-15-7-8-15)21-12-14-5-9-16(10-6-14)24-11-3-4-18(24)26/h5-6,9-10,15H,2-4,7-8,11-13H2,1H3,(H,23,25)(H2,20,21,22). The molecule has 0 unspecified atom stereocenters. The summed E-state index contributed by atoms with van der Waals surface area (Å²) in [6.07, 6.45) is 3.73. The van der Waals surface area contributed by atoms with Crippen LogP contribution in [0.4, 0.5) is 5.69 Å². The number of carbonyl (C=O) groups is 2. The van der Waals surface area contributed by atoms with Crippen LogP contribution in [0.25, 0.3) is 0 Å². The minimum Gasteiger partial charge on any atom is -0.357 e. The summed E-state index contributed by atoms with van der Waals surface area (Å²) < 4.78 is 0. The van der Waals surface area contributed by atoms with Gasteiger partial charge in [-0.05, 0) is 43.9 Å². The van der Waals surface area contributed by atoms with Gasteiger partial charge in [-0.25, -0.2) is 4.99 Å². The third kappa shape index (κ3) is 5.21. The minimum atomic E-state index is -0.00210. The molecule has 0 radical (unpaired) electrons. The third-order valence-electron chi connectivity index (χ3n) is 4.44. The fourth-order valence-electron chi connectivity index (χ4n) is 2.88. The van der Waals surface area contributed by atoms with Crippen LogP contribution in [0.2, 0.25) is 0 Å². The van der Waals surface area contributed by atoms with Crippen molar-refractivity contribution >= 4 is 23.5 Å². The number of carbonyl (C=O) groups excluding carboxylic acids is 2. The maximum absolute atomic E-state index is 11.8. The van der Waals surface area contributed by atoms with E-state index < -0.39 is 0 Å². The first-order valence-corrected chi connectivity index (χ1v) is 9.36. The molecule has 1 saturated heterocycles. The van der Waals surface area contributed by atoms with Crippen molar-refractivity contribution in [3.8, 4) is 0 Å². The van der Waals surface area contributed by atoms with Gasteiger partial charge >= 0.3 is 0 Å². The predicted molar refractivity (Wildman–Crippen MR) is 102 cm³/mol. The molecule has 1 aliphatic heterocycles. The van der Waals surface area contributed by atoms with Crippen molar-refractivity contribution in [3.05, 3.63) is 29.8 Å². The van der Waals surface area contributed by atoms with E-state index >= 15 is 0 Å². The fraction of sp³-hybridized carbons (Fsp3) is 0.526. The molecule has 1 saturated carbocycles. The lowest BCUT2D eigenvalue weighted by molar-refractivity contribution is -0.120. The lowest BCUT2D eigenvalue weighted by atomic mass is 10.2. The van der Waals surface area contributed by atoms with Crippen LogP contribution in [0.3, 0.4) is 0 Å². The second-order valence-corrected chi connectivity index (χ2v) is 6.71. The largest absolute Gasteiger partial charge is 0.357 e. The van der Waals surface area contributed by atoms with E-state index in [0.29, 0.717) is 25.0 Å². The van der Waals surface area contributed by atoms with Crippen molar-refractivity contribution in [1.29, 1.82) is 0 Å². The smallest absolute Gasteiger partial charge is 0.239 e. The Bertz CT molecular complexity index is 667. The molecule has 1 aliphatic carbocycles. The zero-order chi connectivity index (χ0) is 18.4. The molecule has 2 aliphatic rings. The van der Waals surface area contributed by atoms with E-state index in [1.54, 1.807) is 0 Å². The van der Waals surface area contributed by atoms with Crippen molar-refractivity contribution in [3.63, 3.8) is 0 Å². The molecule has 1 aromatic carbocycles.